The molecule has 2 aromatic rings. The van der Waals surface area contributed by atoms with Gasteiger partial charge >= 0.3 is 0 Å². The normalized spacial score (nSPS) is 10.6. The molecule has 2 rings (SSSR count). The van der Waals surface area contributed by atoms with E-state index in [0.717, 1.165) is 13.0 Å². The summed E-state index contributed by atoms with van der Waals surface area (Å²) in [7, 11) is 1.83. The first kappa shape index (κ1) is 17.5. The second kappa shape index (κ2) is 8.10. The average molecular weight is 355 g/mol. The number of hydrogen-bond donors (Lipinski definition) is 3. The molecule has 3 N–H and O–H groups in total. The molecule has 6 nitrogen and oxygen atoms in total. The van der Waals surface area contributed by atoms with E-state index in [1.165, 1.54) is 6.20 Å². The number of hydrogen-bond acceptors (Lipinski definition) is 4. The van der Waals surface area contributed by atoms with Gasteiger partial charge in [0.05, 0.1) is 0 Å². The van der Waals surface area contributed by atoms with E-state index in [2.05, 4.69) is 20.6 Å². The zero-order valence-corrected chi connectivity index (χ0v) is 14.0. The number of aromatic nitrogens is 2. The standard InChI is InChI=1S/C15H16Cl2N4O2/c1-18-3-2-4-19-14(22)12-8-20-13(21-15(12)23)9-5-10(16)7-11(17)6-9/h5-8,18H,2-4H2,1H3,(H,19,22)(H,20,21,23). The smallest absolute Gasteiger partial charge is 0.264 e. The largest absolute Gasteiger partial charge is 0.352 e. The number of halogens is 2. The van der Waals surface area contributed by atoms with E-state index in [1.54, 1.807) is 18.2 Å². The van der Waals surface area contributed by atoms with Gasteiger partial charge in [0.25, 0.3) is 11.5 Å². The molecule has 0 radical (unpaired) electrons. The number of amides is 1. The third-order valence-electron chi connectivity index (χ3n) is 3.07. The Labute approximate surface area is 143 Å². The fourth-order valence-corrected chi connectivity index (χ4v) is 2.48. The molecule has 0 unspecified atom stereocenters. The summed E-state index contributed by atoms with van der Waals surface area (Å²) in [6, 6.07) is 4.84. The van der Waals surface area contributed by atoms with Crippen LogP contribution in [0.25, 0.3) is 11.4 Å². The summed E-state index contributed by atoms with van der Waals surface area (Å²) in [6.07, 6.45) is 2.02. The number of carbonyl (C=O) groups is 1. The lowest BCUT2D eigenvalue weighted by atomic mass is 10.2. The van der Waals surface area contributed by atoms with Crippen LogP contribution in [-0.4, -0.2) is 36.0 Å². The zero-order valence-electron chi connectivity index (χ0n) is 12.5. The van der Waals surface area contributed by atoms with E-state index >= 15 is 0 Å². The van der Waals surface area contributed by atoms with Crippen LogP contribution in [0.4, 0.5) is 0 Å². The van der Waals surface area contributed by atoms with Crippen LogP contribution in [0.2, 0.25) is 10.0 Å². The Morgan fingerprint density at radius 1 is 1.22 bits per heavy atom. The molecule has 0 saturated carbocycles. The molecule has 0 aliphatic heterocycles. The lowest BCUT2D eigenvalue weighted by Crippen LogP contribution is -2.31. The average Bonchev–Trinajstić information content (AvgIpc) is 2.50. The van der Waals surface area contributed by atoms with E-state index in [4.69, 9.17) is 23.2 Å². The molecule has 1 heterocycles. The van der Waals surface area contributed by atoms with Crippen molar-refractivity contribution in [2.45, 2.75) is 6.42 Å². The van der Waals surface area contributed by atoms with Gasteiger partial charge in [0.1, 0.15) is 11.4 Å². The highest BCUT2D eigenvalue weighted by atomic mass is 35.5. The summed E-state index contributed by atoms with van der Waals surface area (Å²) >= 11 is 11.9. The highest BCUT2D eigenvalue weighted by Crippen LogP contribution is 2.24. The number of carbonyl (C=O) groups excluding carboxylic acids is 1. The van der Waals surface area contributed by atoms with Crippen molar-refractivity contribution in [2.24, 2.45) is 0 Å². The van der Waals surface area contributed by atoms with Crippen LogP contribution < -0.4 is 16.2 Å². The Morgan fingerprint density at radius 2 is 1.91 bits per heavy atom. The van der Waals surface area contributed by atoms with Gasteiger partial charge in [-0.3, -0.25) is 9.59 Å². The lowest BCUT2D eigenvalue weighted by molar-refractivity contribution is 0.0951. The molecule has 0 aliphatic rings. The van der Waals surface area contributed by atoms with Crippen LogP contribution in [-0.2, 0) is 0 Å². The summed E-state index contributed by atoms with van der Waals surface area (Å²) in [5.74, 6) is -0.156. The highest BCUT2D eigenvalue weighted by molar-refractivity contribution is 6.35. The van der Waals surface area contributed by atoms with Crippen molar-refractivity contribution in [1.82, 2.24) is 20.6 Å². The minimum absolute atomic E-state index is 0.0358. The fourth-order valence-electron chi connectivity index (χ4n) is 1.96. The van der Waals surface area contributed by atoms with E-state index < -0.39 is 11.5 Å². The molecule has 0 fully saturated rings. The molecular formula is C15H16Cl2N4O2. The maximum Gasteiger partial charge on any atom is 0.264 e. The van der Waals surface area contributed by atoms with E-state index in [9.17, 15) is 9.59 Å². The second-order valence-electron chi connectivity index (χ2n) is 4.85. The first-order chi connectivity index (χ1) is 11.0. The number of nitrogens with zero attached hydrogens (tertiary/aromatic N) is 1. The maximum absolute atomic E-state index is 12.1. The van der Waals surface area contributed by atoms with Crippen LogP contribution in [0.1, 0.15) is 16.8 Å². The number of H-pyrrole nitrogens is 1. The monoisotopic (exact) mass is 354 g/mol. The van der Waals surface area contributed by atoms with Gasteiger partial charge in [-0.2, -0.15) is 0 Å². The number of aromatic amines is 1. The van der Waals surface area contributed by atoms with Gasteiger partial charge in [-0.25, -0.2) is 4.98 Å². The molecular weight excluding hydrogens is 339 g/mol. The molecule has 122 valence electrons. The van der Waals surface area contributed by atoms with Gasteiger partial charge in [0.2, 0.25) is 0 Å². The van der Waals surface area contributed by atoms with Crippen molar-refractivity contribution in [3.63, 3.8) is 0 Å². The first-order valence-electron chi connectivity index (χ1n) is 7.00. The van der Waals surface area contributed by atoms with Crippen molar-refractivity contribution in [1.29, 1.82) is 0 Å². The lowest BCUT2D eigenvalue weighted by Gasteiger charge is -2.06. The molecule has 0 bridgehead atoms. The molecule has 23 heavy (non-hydrogen) atoms. The van der Waals surface area contributed by atoms with E-state index in [-0.39, 0.29) is 5.56 Å². The van der Waals surface area contributed by atoms with E-state index in [1.807, 2.05) is 7.05 Å². The first-order valence-corrected chi connectivity index (χ1v) is 7.75. The third kappa shape index (κ3) is 4.79. The van der Waals surface area contributed by atoms with Crippen molar-refractivity contribution in [2.75, 3.05) is 20.1 Å². The summed E-state index contributed by atoms with van der Waals surface area (Å²) in [4.78, 5) is 30.7. The molecule has 0 atom stereocenters. The summed E-state index contributed by atoms with van der Waals surface area (Å²) < 4.78 is 0. The second-order valence-corrected chi connectivity index (χ2v) is 5.72. The van der Waals surface area contributed by atoms with Crippen molar-refractivity contribution < 1.29 is 4.79 Å². The highest BCUT2D eigenvalue weighted by Gasteiger charge is 2.12. The van der Waals surface area contributed by atoms with Crippen LogP contribution in [0.15, 0.2) is 29.2 Å². The third-order valence-corrected chi connectivity index (χ3v) is 3.51. The van der Waals surface area contributed by atoms with Gasteiger partial charge in [-0.1, -0.05) is 23.2 Å². The summed E-state index contributed by atoms with van der Waals surface area (Å²) in [6.45, 7) is 1.26. The van der Waals surface area contributed by atoms with E-state index in [0.29, 0.717) is 28.0 Å². The Bertz CT molecular complexity index is 741. The maximum atomic E-state index is 12.1. The van der Waals surface area contributed by atoms with Crippen LogP contribution in [0, 0.1) is 0 Å². The Morgan fingerprint density at radius 3 is 2.52 bits per heavy atom. The number of rotatable bonds is 6. The molecule has 1 amide bonds. The van der Waals surface area contributed by atoms with Gasteiger partial charge in [0, 0.05) is 28.4 Å². The molecule has 8 heteroatoms. The van der Waals surface area contributed by atoms with Crippen molar-refractivity contribution in [3.8, 4) is 11.4 Å². The summed E-state index contributed by atoms with van der Waals surface area (Å²) in [5, 5.41) is 6.51. The molecule has 0 aliphatic carbocycles. The fraction of sp³-hybridized carbons (Fsp3) is 0.267. The minimum atomic E-state index is -0.516. The minimum Gasteiger partial charge on any atom is -0.352 e. The van der Waals surface area contributed by atoms with Crippen LogP contribution in [0.3, 0.4) is 0 Å². The number of benzene rings is 1. The molecule has 1 aromatic carbocycles. The van der Waals surface area contributed by atoms with Gasteiger partial charge < -0.3 is 15.6 Å². The van der Waals surface area contributed by atoms with Gasteiger partial charge in [-0.15, -0.1) is 0 Å². The van der Waals surface area contributed by atoms with Crippen LogP contribution in [0.5, 0.6) is 0 Å². The SMILES string of the molecule is CNCCCNC(=O)c1cnc(-c2cc(Cl)cc(Cl)c2)[nH]c1=O. The van der Waals surface area contributed by atoms with Crippen LogP contribution >= 0.6 is 23.2 Å². The number of nitrogens with one attached hydrogen (secondary N) is 3. The van der Waals surface area contributed by atoms with Gasteiger partial charge in [-0.05, 0) is 38.2 Å². The quantitative estimate of drug-likeness (QED) is 0.693. The molecule has 1 aromatic heterocycles. The molecule has 0 spiro atoms. The topological polar surface area (TPSA) is 86.9 Å². The van der Waals surface area contributed by atoms with Crippen molar-refractivity contribution >= 4 is 29.1 Å². The molecule has 0 saturated heterocycles. The summed E-state index contributed by atoms with van der Waals surface area (Å²) in [5.41, 5.74) is 0.0177. The van der Waals surface area contributed by atoms with Gasteiger partial charge in [0.15, 0.2) is 0 Å². The zero-order chi connectivity index (χ0) is 16.8. The Balaban J connectivity index is 2.17. The predicted molar refractivity (Wildman–Crippen MR) is 91.2 cm³/mol. The Hall–Kier alpha value is -1.89. The predicted octanol–water partition coefficient (Wildman–Crippen LogP) is 2.08. The Kier molecular flexibility index (Phi) is 6.15. The van der Waals surface area contributed by atoms with Crippen molar-refractivity contribution in [3.05, 3.63) is 50.4 Å².